The summed E-state index contributed by atoms with van der Waals surface area (Å²) < 4.78 is 27.6. The lowest BCUT2D eigenvalue weighted by Crippen LogP contribution is -2.53. The van der Waals surface area contributed by atoms with Crippen LogP contribution in [-0.4, -0.2) is 54.2 Å². The Kier molecular flexibility index (Phi) is 4.52. The van der Waals surface area contributed by atoms with Crippen molar-refractivity contribution in [2.75, 3.05) is 13.1 Å². The molecule has 7 atom stereocenters. The van der Waals surface area contributed by atoms with Crippen molar-refractivity contribution in [1.29, 1.82) is 0 Å². The van der Waals surface area contributed by atoms with Crippen LogP contribution in [0.1, 0.15) is 19.8 Å². The summed E-state index contributed by atoms with van der Waals surface area (Å²) in [7, 11) is 0. The molecule has 136 valence electrons. The summed E-state index contributed by atoms with van der Waals surface area (Å²) in [5, 5.41) is 18.1. The van der Waals surface area contributed by atoms with Crippen LogP contribution in [-0.2, 0) is 9.59 Å². The summed E-state index contributed by atoms with van der Waals surface area (Å²) in [6.07, 6.45) is 0.0929. The molecule has 3 fully saturated rings. The number of aliphatic hydroxyl groups is 1. The quantitative estimate of drug-likeness (QED) is 0.427. The smallest absolute Gasteiger partial charge is 0.256 e. The Labute approximate surface area is 138 Å². The van der Waals surface area contributed by atoms with Crippen molar-refractivity contribution in [2.24, 2.45) is 29.4 Å². The predicted octanol–water partition coefficient (Wildman–Crippen LogP) is -1.24. The molecule has 3 rings (SSSR count). The fourth-order valence-corrected chi connectivity index (χ4v) is 4.11. The normalized spacial score (nSPS) is 41.3. The molecule has 0 aromatic rings. The molecule has 0 aromatic heterocycles. The minimum absolute atomic E-state index is 0.189. The van der Waals surface area contributed by atoms with Gasteiger partial charge in [-0.3, -0.25) is 14.9 Å². The number of nitrogens with one attached hydrogen (secondary N) is 3. The number of halogens is 2. The Hall–Kier alpha value is -1.32. The van der Waals surface area contributed by atoms with Gasteiger partial charge in [0.05, 0.1) is 5.92 Å². The average Bonchev–Trinajstić information content (AvgIpc) is 2.84. The Bertz CT molecular complexity index is 533. The highest BCUT2D eigenvalue weighted by atomic mass is 19.3. The van der Waals surface area contributed by atoms with Crippen molar-refractivity contribution in [3.05, 3.63) is 0 Å². The van der Waals surface area contributed by atoms with E-state index in [9.17, 15) is 23.5 Å². The fourth-order valence-electron chi connectivity index (χ4n) is 4.11. The lowest BCUT2D eigenvalue weighted by Gasteiger charge is -2.29. The molecule has 1 aliphatic carbocycles. The number of rotatable bonds is 5. The number of carbonyl (C=O) groups excluding carboxylic acids is 2. The number of piperidine rings is 1. The zero-order valence-electron chi connectivity index (χ0n) is 13.5. The number of nitrogens with two attached hydrogens (primary N) is 1. The van der Waals surface area contributed by atoms with E-state index in [1.54, 1.807) is 6.92 Å². The van der Waals surface area contributed by atoms with E-state index in [1.165, 1.54) is 0 Å². The third kappa shape index (κ3) is 3.00. The number of primary amides is 1. The average molecular weight is 346 g/mol. The molecule has 9 heteroatoms. The van der Waals surface area contributed by atoms with Gasteiger partial charge in [0, 0.05) is 30.3 Å². The maximum absolute atomic E-state index is 13.8. The zero-order valence-corrected chi connectivity index (χ0v) is 13.5. The van der Waals surface area contributed by atoms with E-state index in [2.05, 4.69) is 16.0 Å². The molecule has 24 heavy (non-hydrogen) atoms. The molecule has 0 spiro atoms. The van der Waals surface area contributed by atoms with E-state index in [0.717, 1.165) is 0 Å². The van der Waals surface area contributed by atoms with E-state index in [0.29, 0.717) is 13.0 Å². The van der Waals surface area contributed by atoms with Gasteiger partial charge in [0.2, 0.25) is 11.8 Å². The van der Waals surface area contributed by atoms with Crippen molar-refractivity contribution in [3.8, 4) is 0 Å². The Morgan fingerprint density at radius 2 is 2.12 bits per heavy atom. The summed E-state index contributed by atoms with van der Waals surface area (Å²) >= 11 is 0. The van der Waals surface area contributed by atoms with Crippen molar-refractivity contribution >= 4 is 11.8 Å². The summed E-state index contributed by atoms with van der Waals surface area (Å²) in [6.45, 7) is 2.51. The van der Waals surface area contributed by atoms with Crippen LogP contribution >= 0.6 is 0 Å². The van der Waals surface area contributed by atoms with Gasteiger partial charge < -0.3 is 21.5 Å². The Morgan fingerprint density at radius 1 is 1.42 bits per heavy atom. The first-order valence-electron chi connectivity index (χ1n) is 8.35. The van der Waals surface area contributed by atoms with Crippen molar-refractivity contribution in [2.45, 2.75) is 44.0 Å². The third-order valence-electron chi connectivity index (χ3n) is 5.66. The maximum Gasteiger partial charge on any atom is 0.256 e. The predicted molar refractivity (Wildman–Crippen MR) is 80.7 cm³/mol. The van der Waals surface area contributed by atoms with Gasteiger partial charge in [0.25, 0.3) is 5.92 Å². The molecule has 2 amide bonds. The van der Waals surface area contributed by atoms with Crippen LogP contribution in [0.15, 0.2) is 0 Å². The highest BCUT2D eigenvalue weighted by Gasteiger charge is 2.73. The molecule has 2 saturated heterocycles. The number of aliphatic hydroxyl groups excluding tert-OH is 1. The van der Waals surface area contributed by atoms with Gasteiger partial charge in [-0.05, 0) is 26.3 Å². The molecular weight excluding hydrogens is 322 g/mol. The summed E-state index contributed by atoms with van der Waals surface area (Å²) in [5.74, 6) is -7.05. The Balaban J connectivity index is 1.66. The lowest BCUT2D eigenvalue weighted by atomic mass is 9.89. The number of fused-ring (bicyclic) bond motifs is 1. The molecule has 1 saturated carbocycles. The van der Waals surface area contributed by atoms with Gasteiger partial charge in [0.1, 0.15) is 12.3 Å². The molecule has 0 radical (unpaired) electrons. The third-order valence-corrected chi connectivity index (χ3v) is 5.66. The van der Waals surface area contributed by atoms with Crippen LogP contribution < -0.4 is 21.7 Å². The number of alkyl halides is 2. The van der Waals surface area contributed by atoms with Gasteiger partial charge in [-0.2, -0.15) is 0 Å². The van der Waals surface area contributed by atoms with Gasteiger partial charge in [-0.25, -0.2) is 8.78 Å². The van der Waals surface area contributed by atoms with Gasteiger partial charge in [-0.1, -0.05) is 0 Å². The molecule has 2 aliphatic heterocycles. The molecule has 7 nitrogen and oxygen atoms in total. The molecular formula is C15H24F2N4O3. The molecule has 3 unspecified atom stereocenters. The SMILES string of the molecule is CC1NC[C@H]2[C@@H](C1C(=O)N[C@@H](C[C@@H]1CCNC1O)C(N)=O)C2(F)F. The van der Waals surface area contributed by atoms with Crippen LogP contribution in [0.25, 0.3) is 0 Å². The van der Waals surface area contributed by atoms with Crippen LogP contribution in [0.3, 0.4) is 0 Å². The molecule has 0 bridgehead atoms. The van der Waals surface area contributed by atoms with E-state index in [1.807, 2.05) is 0 Å². The second-order valence-electron chi connectivity index (χ2n) is 7.18. The van der Waals surface area contributed by atoms with Crippen LogP contribution in [0.2, 0.25) is 0 Å². The van der Waals surface area contributed by atoms with Crippen LogP contribution in [0.4, 0.5) is 8.78 Å². The number of amides is 2. The van der Waals surface area contributed by atoms with E-state index >= 15 is 0 Å². The highest BCUT2D eigenvalue weighted by molar-refractivity contribution is 5.88. The first-order valence-corrected chi connectivity index (χ1v) is 8.35. The standard InChI is InChI=1S/C15H24F2N4O3/c1-6-10(11-8(5-20-6)15(11,16)17)14(24)21-9(12(18)22)4-7-2-3-19-13(7)23/h6-11,13,19-20,23H,2-5H2,1H3,(H2,18,22)(H,21,24)/t6?,7-,8-,9-,10?,11-,13?/m0/s1. The minimum atomic E-state index is -2.84. The zero-order chi connectivity index (χ0) is 17.6. The molecule has 3 aliphatic rings. The van der Waals surface area contributed by atoms with Crippen molar-refractivity contribution < 1.29 is 23.5 Å². The van der Waals surface area contributed by atoms with Crippen LogP contribution in [0.5, 0.6) is 0 Å². The first kappa shape index (κ1) is 17.5. The lowest BCUT2D eigenvalue weighted by molar-refractivity contribution is -0.132. The Morgan fingerprint density at radius 3 is 2.71 bits per heavy atom. The summed E-state index contributed by atoms with van der Waals surface area (Å²) in [4.78, 5) is 24.2. The van der Waals surface area contributed by atoms with Gasteiger partial charge in [-0.15, -0.1) is 0 Å². The first-order chi connectivity index (χ1) is 11.2. The van der Waals surface area contributed by atoms with E-state index in [-0.39, 0.29) is 18.9 Å². The second kappa shape index (κ2) is 6.20. The highest BCUT2D eigenvalue weighted by Crippen LogP contribution is 2.61. The summed E-state index contributed by atoms with van der Waals surface area (Å²) in [6, 6.07) is -1.37. The monoisotopic (exact) mass is 346 g/mol. The molecule has 6 N–H and O–H groups in total. The number of hydrogen-bond donors (Lipinski definition) is 5. The summed E-state index contributed by atoms with van der Waals surface area (Å²) in [5.41, 5.74) is 5.35. The maximum atomic E-state index is 13.8. The molecule has 2 heterocycles. The van der Waals surface area contributed by atoms with E-state index < -0.39 is 53.8 Å². The second-order valence-corrected chi connectivity index (χ2v) is 7.18. The number of hydrogen-bond acceptors (Lipinski definition) is 5. The minimum Gasteiger partial charge on any atom is -0.378 e. The topological polar surface area (TPSA) is 116 Å². The van der Waals surface area contributed by atoms with Gasteiger partial charge >= 0.3 is 0 Å². The van der Waals surface area contributed by atoms with E-state index in [4.69, 9.17) is 5.73 Å². The largest absolute Gasteiger partial charge is 0.378 e. The fraction of sp³-hybridized carbons (Fsp3) is 0.867. The van der Waals surface area contributed by atoms with Crippen molar-refractivity contribution in [1.82, 2.24) is 16.0 Å². The number of carbonyl (C=O) groups is 2. The van der Waals surface area contributed by atoms with Crippen LogP contribution in [0, 0.1) is 23.7 Å². The van der Waals surface area contributed by atoms with Crippen molar-refractivity contribution in [3.63, 3.8) is 0 Å². The molecule has 0 aromatic carbocycles. The van der Waals surface area contributed by atoms with Gasteiger partial charge in [0.15, 0.2) is 0 Å².